The monoisotopic (exact) mass is 298 g/mol. The van der Waals surface area contributed by atoms with Gasteiger partial charge in [0.2, 0.25) is 0 Å². The van der Waals surface area contributed by atoms with Crippen molar-refractivity contribution < 1.29 is 9.18 Å². The van der Waals surface area contributed by atoms with Crippen molar-refractivity contribution in [2.75, 3.05) is 0 Å². The van der Waals surface area contributed by atoms with Gasteiger partial charge in [-0.3, -0.25) is 4.79 Å². The van der Waals surface area contributed by atoms with Crippen LogP contribution in [0.25, 0.3) is 0 Å². The smallest absolute Gasteiger partial charge is 0.162 e. The Kier molecular flexibility index (Phi) is 6.82. The SMILES string of the molecule is O=C(CCC[C@@H](F)CCCc1ccccc1)c1ccccc1. The summed E-state index contributed by atoms with van der Waals surface area (Å²) in [5, 5.41) is 0. The zero-order valence-corrected chi connectivity index (χ0v) is 12.9. The Morgan fingerprint density at radius 1 is 0.864 bits per heavy atom. The van der Waals surface area contributed by atoms with E-state index in [4.69, 9.17) is 0 Å². The standard InChI is InChI=1S/C20H23FO/c21-19(14-7-11-17-9-3-1-4-10-17)15-8-16-20(22)18-12-5-2-6-13-18/h1-6,9-10,12-13,19H,7-8,11,14-16H2/t19-/m0/s1. The van der Waals surface area contributed by atoms with Gasteiger partial charge in [-0.2, -0.15) is 0 Å². The lowest BCUT2D eigenvalue weighted by Crippen LogP contribution is -2.04. The number of halogens is 1. The summed E-state index contributed by atoms with van der Waals surface area (Å²) >= 11 is 0. The van der Waals surface area contributed by atoms with Crippen LogP contribution in [0.5, 0.6) is 0 Å². The lowest BCUT2D eigenvalue weighted by molar-refractivity contribution is 0.0976. The van der Waals surface area contributed by atoms with Gasteiger partial charge in [-0.15, -0.1) is 0 Å². The first kappa shape index (κ1) is 16.4. The summed E-state index contributed by atoms with van der Waals surface area (Å²) in [5.74, 6) is 0.108. The number of Topliss-reactive ketones (excluding diaryl/α,β-unsaturated/α-hetero) is 1. The molecule has 0 amide bonds. The number of ketones is 1. The molecule has 0 fully saturated rings. The van der Waals surface area contributed by atoms with E-state index in [2.05, 4.69) is 12.1 Å². The molecule has 116 valence electrons. The molecule has 22 heavy (non-hydrogen) atoms. The molecule has 0 N–H and O–H groups in total. The lowest BCUT2D eigenvalue weighted by atomic mass is 10.0. The van der Waals surface area contributed by atoms with E-state index in [1.807, 2.05) is 48.5 Å². The molecule has 1 atom stereocenters. The normalized spacial score (nSPS) is 12.0. The number of rotatable bonds is 9. The second-order valence-electron chi connectivity index (χ2n) is 5.66. The van der Waals surface area contributed by atoms with Crippen LogP contribution in [0, 0.1) is 0 Å². The molecule has 2 aromatic carbocycles. The molecule has 0 aliphatic rings. The van der Waals surface area contributed by atoms with E-state index in [1.54, 1.807) is 0 Å². The topological polar surface area (TPSA) is 17.1 Å². The molecule has 2 rings (SSSR count). The maximum Gasteiger partial charge on any atom is 0.162 e. The molecule has 0 aliphatic heterocycles. The third kappa shape index (κ3) is 5.80. The summed E-state index contributed by atoms with van der Waals surface area (Å²) in [6.07, 6.45) is 3.10. The largest absolute Gasteiger partial charge is 0.294 e. The summed E-state index contributed by atoms with van der Waals surface area (Å²) in [4.78, 5) is 11.9. The molecule has 0 radical (unpaired) electrons. The van der Waals surface area contributed by atoms with E-state index in [9.17, 15) is 9.18 Å². The van der Waals surface area contributed by atoms with E-state index < -0.39 is 6.17 Å². The Hall–Kier alpha value is -1.96. The second-order valence-corrected chi connectivity index (χ2v) is 5.66. The summed E-state index contributed by atoms with van der Waals surface area (Å²) in [7, 11) is 0. The van der Waals surface area contributed by atoms with Gasteiger partial charge in [0.05, 0.1) is 0 Å². The quantitative estimate of drug-likeness (QED) is 0.566. The van der Waals surface area contributed by atoms with Gasteiger partial charge in [0, 0.05) is 12.0 Å². The summed E-state index contributed by atoms with van der Waals surface area (Å²) in [6, 6.07) is 19.4. The summed E-state index contributed by atoms with van der Waals surface area (Å²) < 4.78 is 13.8. The third-order valence-corrected chi connectivity index (χ3v) is 3.84. The van der Waals surface area contributed by atoms with Crippen molar-refractivity contribution in [1.29, 1.82) is 0 Å². The Morgan fingerprint density at radius 2 is 1.45 bits per heavy atom. The van der Waals surface area contributed by atoms with Gasteiger partial charge in [0.1, 0.15) is 6.17 Å². The highest BCUT2D eigenvalue weighted by Gasteiger charge is 2.09. The molecule has 0 unspecified atom stereocenters. The fraction of sp³-hybridized carbons (Fsp3) is 0.350. The maximum absolute atomic E-state index is 13.8. The second kappa shape index (κ2) is 9.14. The number of carbonyl (C=O) groups excluding carboxylic acids is 1. The highest BCUT2D eigenvalue weighted by Crippen LogP contribution is 2.15. The van der Waals surface area contributed by atoms with Crippen LogP contribution in [0.4, 0.5) is 4.39 Å². The average Bonchev–Trinajstić information content (AvgIpc) is 2.56. The fourth-order valence-corrected chi connectivity index (χ4v) is 2.57. The highest BCUT2D eigenvalue weighted by molar-refractivity contribution is 5.95. The van der Waals surface area contributed by atoms with Crippen molar-refractivity contribution in [2.24, 2.45) is 0 Å². The first-order valence-electron chi connectivity index (χ1n) is 8.02. The van der Waals surface area contributed by atoms with Gasteiger partial charge >= 0.3 is 0 Å². The van der Waals surface area contributed by atoms with Crippen molar-refractivity contribution in [3.63, 3.8) is 0 Å². The first-order chi connectivity index (χ1) is 10.8. The minimum Gasteiger partial charge on any atom is -0.294 e. The molecule has 2 heteroatoms. The molecule has 0 saturated heterocycles. The number of alkyl halides is 1. The van der Waals surface area contributed by atoms with E-state index in [0.717, 1.165) is 18.4 Å². The fourth-order valence-electron chi connectivity index (χ4n) is 2.57. The third-order valence-electron chi connectivity index (χ3n) is 3.84. The number of aryl methyl sites for hydroxylation is 1. The van der Waals surface area contributed by atoms with Crippen LogP contribution in [0.2, 0.25) is 0 Å². The minimum absolute atomic E-state index is 0.108. The molecule has 2 aromatic rings. The van der Waals surface area contributed by atoms with Crippen molar-refractivity contribution in [1.82, 2.24) is 0 Å². The van der Waals surface area contributed by atoms with Crippen LogP contribution in [0.3, 0.4) is 0 Å². The predicted molar refractivity (Wildman–Crippen MR) is 88.9 cm³/mol. The molecule has 1 nitrogen and oxygen atoms in total. The molecule has 0 saturated carbocycles. The number of carbonyl (C=O) groups is 1. The van der Waals surface area contributed by atoms with Gasteiger partial charge in [0.15, 0.2) is 5.78 Å². The van der Waals surface area contributed by atoms with Crippen LogP contribution in [-0.4, -0.2) is 12.0 Å². The van der Waals surface area contributed by atoms with E-state index in [0.29, 0.717) is 25.7 Å². The lowest BCUT2D eigenvalue weighted by Gasteiger charge is -2.08. The molecular weight excluding hydrogens is 275 g/mol. The van der Waals surface area contributed by atoms with Gasteiger partial charge < -0.3 is 0 Å². The summed E-state index contributed by atoms with van der Waals surface area (Å²) in [6.45, 7) is 0. The van der Waals surface area contributed by atoms with Gasteiger partial charge in [-0.1, -0.05) is 60.7 Å². The molecule has 0 spiro atoms. The Balaban J connectivity index is 1.60. The van der Waals surface area contributed by atoms with Crippen LogP contribution >= 0.6 is 0 Å². The molecular formula is C20H23FO. The van der Waals surface area contributed by atoms with Crippen molar-refractivity contribution in [3.05, 3.63) is 71.8 Å². The maximum atomic E-state index is 13.8. The van der Waals surface area contributed by atoms with E-state index >= 15 is 0 Å². The molecule has 0 bridgehead atoms. The minimum atomic E-state index is -0.799. The van der Waals surface area contributed by atoms with Crippen molar-refractivity contribution >= 4 is 5.78 Å². The summed E-state index contributed by atoms with van der Waals surface area (Å²) in [5.41, 5.74) is 1.98. The Bertz CT molecular complexity index is 550. The molecule has 0 aliphatic carbocycles. The highest BCUT2D eigenvalue weighted by atomic mass is 19.1. The average molecular weight is 298 g/mol. The number of benzene rings is 2. The Morgan fingerprint density at radius 3 is 2.14 bits per heavy atom. The van der Waals surface area contributed by atoms with Crippen molar-refractivity contribution in [3.8, 4) is 0 Å². The number of hydrogen-bond donors (Lipinski definition) is 0. The van der Waals surface area contributed by atoms with Gasteiger partial charge in [-0.25, -0.2) is 4.39 Å². The van der Waals surface area contributed by atoms with Crippen LogP contribution < -0.4 is 0 Å². The zero-order valence-electron chi connectivity index (χ0n) is 12.9. The van der Waals surface area contributed by atoms with E-state index in [-0.39, 0.29) is 5.78 Å². The molecule has 0 aromatic heterocycles. The van der Waals surface area contributed by atoms with Crippen LogP contribution in [-0.2, 0) is 6.42 Å². The Labute approximate surface area is 132 Å². The van der Waals surface area contributed by atoms with Crippen LogP contribution in [0.1, 0.15) is 48.0 Å². The predicted octanol–water partition coefficient (Wildman–Crippen LogP) is 5.40. The number of hydrogen-bond acceptors (Lipinski definition) is 1. The van der Waals surface area contributed by atoms with Gasteiger partial charge in [-0.05, 0) is 37.7 Å². The first-order valence-corrected chi connectivity index (χ1v) is 8.02. The van der Waals surface area contributed by atoms with E-state index in [1.165, 1.54) is 5.56 Å². The zero-order chi connectivity index (χ0) is 15.6. The molecule has 0 heterocycles. The van der Waals surface area contributed by atoms with Gasteiger partial charge in [0.25, 0.3) is 0 Å². The van der Waals surface area contributed by atoms with Crippen molar-refractivity contribution in [2.45, 2.75) is 44.7 Å². The van der Waals surface area contributed by atoms with Crippen LogP contribution in [0.15, 0.2) is 60.7 Å².